The molecule has 2 heterocycles. The first-order valence-electron chi connectivity index (χ1n) is 8.66. The first kappa shape index (κ1) is 17.1. The van der Waals surface area contributed by atoms with Gasteiger partial charge in [0.05, 0.1) is 23.3 Å². The maximum Gasteiger partial charge on any atom is 0.261 e. The first-order valence-corrected chi connectivity index (χ1v) is 8.66. The second-order valence-corrected chi connectivity index (χ2v) is 6.55. The minimum atomic E-state index is -0.268. The lowest BCUT2D eigenvalue weighted by molar-refractivity contribution is -0.122. The lowest BCUT2D eigenvalue weighted by atomic mass is 10.1. The van der Waals surface area contributed by atoms with Crippen molar-refractivity contribution < 1.29 is 14.3 Å². The Kier molecular flexibility index (Phi) is 4.27. The predicted octanol–water partition coefficient (Wildman–Crippen LogP) is 2.31. The summed E-state index contributed by atoms with van der Waals surface area (Å²) >= 11 is 0. The van der Waals surface area contributed by atoms with E-state index in [0.717, 1.165) is 11.1 Å². The monoisotopic (exact) mass is 365 g/mol. The summed E-state index contributed by atoms with van der Waals surface area (Å²) in [5.41, 5.74) is 2.26. The molecule has 0 spiro atoms. The van der Waals surface area contributed by atoms with Crippen LogP contribution in [0.2, 0.25) is 0 Å². The van der Waals surface area contributed by atoms with E-state index in [1.807, 2.05) is 44.2 Å². The summed E-state index contributed by atoms with van der Waals surface area (Å²) in [4.78, 5) is 29.4. The summed E-state index contributed by atoms with van der Waals surface area (Å²) < 4.78 is 12.0. The van der Waals surface area contributed by atoms with E-state index < -0.39 is 0 Å². The molecule has 1 aromatic heterocycles. The quantitative estimate of drug-likeness (QED) is 0.767. The standard InChI is InChI=1S/C20H19N3O4/c1-12-4-3-5-15-19(12)21-10-23(20(15)25)9-18(24)22-13(2)14-6-7-16-17(8-14)27-11-26-16/h3-8,10,13H,9,11H2,1-2H3,(H,22,24). The van der Waals surface area contributed by atoms with Gasteiger partial charge in [0.1, 0.15) is 6.54 Å². The molecule has 7 heteroatoms. The van der Waals surface area contributed by atoms with Crippen LogP contribution in [0, 0.1) is 6.92 Å². The molecule has 0 saturated heterocycles. The zero-order valence-corrected chi connectivity index (χ0v) is 15.1. The Morgan fingerprint density at radius 2 is 2.07 bits per heavy atom. The van der Waals surface area contributed by atoms with E-state index in [1.165, 1.54) is 10.9 Å². The number of amides is 1. The van der Waals surface area contributed by atoms with Crippen LogP contribution in [0.15, 0.2) is 47.5 Å². The maximum atomic E-state index is 12.6. The minimum Gasteiger partial charge on any atom is -0.454 e. The average Bonchev–Trinajstić information content (AvgIpc) is 3.12. The Labute approximate surface area is 155 Å². The molecule has 0 bridgehead atoms. The number of benzene rings is 2. The van der Waals surface area contributed by atoms with Gasteiger partial charge in [0.25, 0.3) is 5.56 Å². The first-order chi connectivity index (χ1) is 13.0. The highest BCUT2D eigenvalue weighted by atomic mass is 16.7. The zero-order chi connectivity index (χ0) is 19.0. The lowest BCUT2D eigenvalue weighted by Crippen LogP contribution is -2.34. The van der Waals surface area contributed by atoms with Crippen LogP contribution in [0.4, 0.5) is 0 Å². The summed E-state index contributed by atoms with van der Waals surface area (Å²) in [5.74, 6) is 1.09. The molecule has 3 aromatic rings. The second-order valence-electron chi connectivity index (χ2n) is 6.55. The molecule has 2 aromatic carbocycles. The number of para-hydroxylation sites is 1. The molecule has 1 aliphatic rings. The fraction of sp³-hybridized carbons (Fsp3) is 0.250. The molecule has 138 valence electrons. The van der Waals surface area contributed by atoms with Gasteiger partial charge in [-0.2, -0.15) is 0 Å². The van der Waals surface area contributed by atoms with Crippen LogP contribution < -0.4 is 20.3 Å². The van der Waals surface area contributed by atoms with Crippen molar-refractivity contribution in [3.05, 3.63) is 64.2 Å². The van der Waals surface area contributed by atoms with E-state index in [-0.39, 0.29) is 30.8 Å². The number of aromatic nitrogens is 2. The van der Waals surface area contributed by atoms with Crippen molar-refractivity contribution in [3.8, 4) is 11.5 Å². The van der Waals surface area contributed by atoms with Crippen molar-refractivity contribution in [1.29, 1.82) is 0 Å². The minimum absolute atomic E-state index is 0.0927. The highest BCUT2D eigenvalue weighted by molar-refractivity contribution is 5.81. The van der Waals surface area contributed by atoms with E-state index >= 15 is 0 Å². The van der Waals surface area contributed by atoms with E-state index in [9.17, 15) is 9.59 Å². The largest absolute Gasteiger partial charge is 0.454 e. The van der Waals surface area contributed by atoms with Gasteiger partial charge in [-0.3, -0.25) is 14.2 Å². The predicted molar refractivity (Wildman–Crippen MR) is 99.9 cm³/mol. The average molecular weight is 365 g/mol. The van der Waals surface area contributed by atoms with E-state index in [0.29, 0.717) is 22.4 Å². The molecule has 0 aliphatic carbocycles. The summed E-state index contributed by atoms with van der Waals surface area (Å²) in [7, 11) is 0. The van der Waals surface area contributed by atoms with Crippen LogP contribution in [0.3, 0.4) is 0 Å². The van der Waals surface area contributed by atoms with Gasteiger partial charge >= 0.3 is 0 Å². The SMILES string of the molecule is Cc1cccc2c(=O)n(CC(=O)NC(C)c3ccc4c(c3)OCO4)cnc12. The smallest absolute Gasteiger partial charge is 0.261 e. The van der Waals surface area contributed by atoms with Crippen molar-refractivity contribution in [2.75, 3.05) is 6.79 Å². The highest BCUT2D eigenvalue weighted by Crippen LogP contribution is 2.34. The zero-order valence-electron chi connectivity index (χ0n) is 15.1. The second kappa shape index (κ2) is 6.75. The van der Waals surface area contributed by atoms with Crippen molar-refractivity contribution in [2.45, 2.75) is 26.4 Å². The van der Waals surface area contributed by atoms with Crippen LogP contribution in [-0.4, -0.2) is 22.3 Å². The summed E-state index contributed by atoms with van der Waals surface area (Å²) in [6.07, 6.45) is 1.42. The fourth-order valence-electron chi connectivity index (χ4n) is 3.16. The molecule has 1 amide bonds. The third kappa shape index (κ3) is 3.23. The van der Waals surface area contributed by atoms with Crippen LogP contribution in [0.1, 0.15) is 24.1 Å². The van der Waals surface area contributed by atoms with Crippen LogP contribution in [0.5, 0.6) is 11.5 Å². The number of aryl methyl sites for hydroxylation is 1. The number of carbonyl (C=O) groups excluding carboxylic acids is 1. The van der Waals surface area contributed by atoms with Crippen LogP contribution in [-0.2, 0) is 11.3 Å². The Morgan fingerprint density at radius 1 is 1.26 bits per heavy atom. The van der Waals surface area contributed by atoms with Gasteiger partial charge < -0.3 is 14.8 Å². The Balaban J connectivity index is 1.50. The molecule has 1 atom stereocenters. The van der Waals surface area contributed by atoms with Gasteiger partial charge in [0.15, 0.2) is 11.5 Å². The summed E-state index contributed by atoms with van der Waals surface area (Å²) in [6.45, 7) is 3.89. The van der Waals surface area contributed by atoms with Crippen LogP contribution >= 0.6 is 0 Å². The molecular weight excluding hydrogens is 346 g/mol. The van der Waals surface area contributed by atoms with Crippen molar-refractivity contribution in [1.82, 2.24) is 14.9 Å². The molecule has 1 N–H and O–H groups in total. The third-order valence-corrected chi connectivity index (χ3v) is 4.64. The molecule has 0 fully saturated rings. The molecule has 0 radical (unpaired) electrons. The molecule has 1 unspecified atom stereocenters. The number of rotatable bonds is 4. The van der Waals surface area contributed by atoms with Gasteiger partial charge in [-0.05, 0) is 43.2 Å². The highest BCUT2D eigenvalue weighted by Gasteiger charge is 2.17. The maximum absolute atomic E-state index is 12.6. The van der Waals surface area contributed by atoms with Crippen molar-refractivity contribution in [3.63, 3.8) is 0 Å². The number of carbonyl (C=O) groups is 1. The van der Waals surface area contributed by atoms with E-state index in [4.69, 9.17) is 9.47 Å². The molecule has 1 aliphatic heterocycles. The molecule has 0 saturated carbocycles. The summed E-state index contributed by atoms with van der Waals surface area (Å²) in [6, 6.07) is 10.7. The number of fused-ring (bicyclic) bond motifs is 2. The van der Waals surface area contributed by atoms with Gasteiger partial charge in [-0.1, -0.05) is 18.2 Å². The summed E-state index contributed by atoms with van der Waals surface area (Å²) in [5, 5.41) is 3.41. The lowest BCUT2D eigenvalue weighted by Gasteiger charge is -2.15. The molecule has 4 rings (SSSR count). The molecular formula is C20H19N3O4. The van der Waals surface area contributed by atoms with E-state index in [1.54, 1.807) is 6.07 Å². The number of hydrogen-bond acceptors (Lipinski definition) is 5. The topological polar surface area (TPSA) is 82.5 Å². The van der Waals surface area contributed by atoms with Crippen LogP contribution in [0.25, 0.3) is 10.9 Å². The fourth-order valence-corrected chi connectivity index (χ4v) is 3.16. The Morgan fingerprint density at radius 3 is 2.93 bits per heavy atom. The molecule has 27 heavy (non-hydrogen) atoms. The van der Waals surface area contributed by atoms with Gasteiger partial charge in [0.2, 0.25) is 12.7 Å². The van der Waals surface area contributed by atoms with Gasteiger partial charge in [-0.15, -0.1) is 0 Å². The Bertz CT molecular complexity index is 1090. The normalized spacial score (nSPS) is 13.6. The van der Waals surface area contributed by atoms with E-state index in [2.05, 4.69) is 10.3 Å². The van der Waals surface area contributed by atoms with Crippen molar-refractivity contribution >= 4 is 16.8 Å². The van der Waals surface area contributed by atoms with Crippen molar-refractivity contribution in [2.24, 2.45) is 0 Å². The number of nitrogens with zero attached hydrogens (tertiary/aromatic N) is 2. The third-order valence-electron chi connectivity index (χ3n) is 4.64. The number of nitrogens with one attached hydrogen (secondary N) is 1. The van der Waals surface area contributed by atoms with Gasteiger partial charge in [0, 0.05) is 0 Å². The number of ether oxygens (including phenoxy) is 2. The molecule has 7 nitrogen and oxygen atoms in total. The Hall–Kier alpha value is -3.35. The van der Waals surface area contributed by atoms with Gasteiger partial charge in [-0.25, -0.2) is 4.98 Å². The number of hydrogen-bond donors (Lipinski definition) is 1.